The zero-order chi connectivity index (χ0) is 6.81. The van der Waals surface area contributed by atoms with Crippen LogP contribution in [0.2, 0.25) is 0 Å². The normalized spacial score (nSPS) is 14.2. The molecule has 0 saturated carbocycles. The van der Waals surface area contributed by atoms with Crippen molar-refractivity contribution in [3.63, 3.8) is 0 Å². The highest BCUT2D eigenvalue weighted by Gasteiger charge is 2.05. The standard InChI is InChI=1S/C8H10N2.ClH/c1-2-7-6-9-5-3-8(7)10-4-1;/h3,5-6,10H,1-2,4H2;1H. The van der Waals surface area contributed by atoms with Gasteiger partial charge in [0.05, 0.1) is 0 Å². The Hall–Kier alpha value is -0.760. The summed E-state index contributed by atoms with van der Waals surface area (Å²) in [5.41, 5.74) is 2.62. The van der Waals surface area contributed by atoms with E-state index < -0.39 is 0 Å². The highest BCUT2D eigenvalue weighted by atomic mass is 35.5. The fourth-order valence-electron chi connectivity index (χ4n) is 1.30. The summed E-state index contributed by atoms with van der Waals surface area (Å²) in [6, 6.07) is 2.04. The van der Waals surface area contributed by atoms with Gasteiger partial charge in [-0.2, -0.15) is 0 Å². The van der Waals surface area contributed by atoms with Crippen LogP contribution < -0.4 is 5.32 Å². The Labute approximate surface area is 72.4 Å². The average molecular weight is 171 g/mol. The molecule has 0 saturated heterocycles. The lowest BCUT2D eigenvalue weighted by Crippen LogP contribution is -2.11. The van der Waals surface area contributed by atoms with Crippen molar-refractivity contribution in [2.45, 2.75) is 12.8 Å². The van der Waals surface area contributed by atoms with Gasteiger partial charge in [0, 0.05) is 24.6 Å². The van der Waals surface area contributed by atoms with E-state index in [2.05, 4.69) is 10.3 Å². The first-order valence-corrected chi connectivity index (χ1v) is 3.63. The molecule has 0 amide bonds. The Bertz CT molecular complexity index is 212. The SMILES string of the molecule is Cl.c1cc2c(cn1)CCCN2. The van der Waals surface area contributed by atoms with Crippen molar-refractivity contribution in [1.82, 2.24) is 4.98 Å². The Morgan fingerprint density at radius 1 is 1.45 bits per heavy atom. The maximum Gasteiger partial charge on any atom is 0.0403 e. The van der Waals surface area contributed by atoms with Crippen LogP contribution in [0.25, 0.3) is 0 Å². The maximum absolute atomic E-state index is 4.06. The maximum atomic E-state index is 4.06. The summed E-state index contributed by atoms with van der Waals surface area (Å²) in [5.74, 6) is 0. The molecule has 0 radical (unpaired) electrons. The summed E-state index contributed by atoms with van der Waals surface area (Å²) in [7, 11) is 0. The van der Waals surface area contributed by atoms with Crippen molar-refractivity contribution in [2.75, 3.05) is 11.9 Å². The van der Waals surface area contributed by atoms with Gasteiger partial charge in [0.15, 0.2) is 0 Å². The first-order chi connectivity index (χ1) is 4.97. The topological polar surface area (TPSA) is 24.9 Å². The number of hydrogen-bond donors (Lipinski definition) is 1. The molecule has 0 atom stereocenters. The van der Waals surface area contributed by atoms with Crippen molar-refractivity contribution in [1.29, 1.82) is 0 Å². The van der Waals surface area contributed by atoms with E-state index in [1.165, 1.54) is 24.1 Å². The van der Waals surface area contributed by atoms with Gasteiger partial charge in [-0.15, -0.1) is 12.4 Å². The zero-order valence-electron chi connectivity index (χ0n) is 6.21. The molecule has 2 rings (SSSR count). The monoisotopic (exact) mass is 170 g/mol. The lowest BCUT2D eigenvalue weighted by Gasteiger charge is -2.16. The molecule has 1 aliphatic heterocycles. The van der Waals surface area contributed by atoms with E-state index in [-0.39, 0.29) is 12.4 Å². The summed E-state index contributed by atoms with van der Waals surface area (Å²) in [6.45, 7) is 1.11. The van der Waals surface area contributed by atoms with Crippen LogP contribution in [0, 0.1) is 0 Å². The van der Waals surface area contributed by atoms with E-state index in [0.717, 1.165) is 6.54 Å². The minimum atomic E-state index is 0. The van der Waals surface area contributed by atoms with Gasteiger partial charge in [-0.05, 0) is 24.5 Å². The summed E-state index contributed by atoms with van der Waals surface area (Å²) >= 11 is 0. The molecule has 1 N–H and O–H groups in total. The quantitative estimate of drug-likeness (QED) is 0.643. The molecular weight excluding hydrogens is 160 g/mol. The van der Waals surface area contributed by atoms with Gasteiger partial charge in [-0.1, -0.05) is 0 Å². The summed E-state index contributed by atoms with van der Waals surface area (Å²) < 4.78 is 0. The molecule has 2 heterocycles. The minimum Gasteiger partial charge on any atom is -0.385 e. The largest absolute Gasteiger partial charge is 0.385 e. The summed E-state index contributed by atoms with van der Waals surface area (Å²) in [4.78, 5) is 4.06. The predicted molar refractivity (Wildman–Crippen MR) is 48.3 cm³/mol. The molecule has 60 valence electrons. The van der Waals surface area contributed by atoms with Crippen LogP contribution in [-0.2, 0) is 6.42 Å². The molecule has 0 unspecified atom stereocenters. The molecule has 11 heavy (non-hydrogen) atoms. The van der Waals surface area contributed by atoms with Crippen molar-refractivity contribution < 1.29 is 0 Å². The molecule has 1 aromatic heterocycles. The van der Waals surface area contributed by atoms with Crippen molar-refractivity contribution >= 4 is 18.1 Å². The number of rotatable bonds is 0. The number of aromatic nitrogens is 1. The molecule has 0 spiro atoms. The molecule has 0 aromatic carbocycles. The molecule has 0 bridgehead atoms. The summed E-state index contributed by atoms with van der Waals surface area (Å²) in [5, 5.41) is 3.32. The Morgan fingerprint density at radius 2 is 2.36 bits per heavy atom. The van der Waals surface area contributed by atoms with Crippen LogP contribution >= 0.6 is 12.4 Å². The van der Waals surface area contributed by atoms with E-state index in [9.17, 15) is 0 Å². The third-order valence-electron chi connectivity index (χ3n) is 1.84. The smallest absolute Gasteiger partial charge is 0.0403 e. The number of nitrogens with zero attached hydrogens (tertiary/aromatic N) is 1. The van der Waals surface area contributed by atoms with Crippen molar-refractivity contribution in [2.24, 2.45) is 0 Å². The number of nitrogens with one attached hydrogen (secondary N) is 1. The van der Waals surface area contributed by atoms with Gasteiger partial charge in [0.25, 0.3) is 0 Å². The van der Waals surface area contributed by atoms with Gasteiger partial charge in [-0.25, -0.2) is 0 Å². The minimum absolute atomic E-state index is 0. The third kappa shape index (κ3) is 1.63. The molecule has 2 nitrogen and oxygen atoms in total. The molecule has 1 aromatic rings. The molecule has 3 heteroatoms. The molecule has 0 aliphatic carbocycles. The van der Waals surface area contributed by atoms with E-state index >= 15 is 0 Å². The highest BCUT2D eigenvalue weighted by Crippen LogP contribution is 2.18. The molecular formula is C8H11ClN2. The number of anilines is 1. The van der Waals surface area contributed by atoms with Gasteiger partial charge in [0.2, 0.25) is 0 Å². The third-order valence-corrected chi connectivity index (χ3v) is 1.84. The van der Waals surface area contributed by atoms with Crippen LogP contribution in [-0.4, -0.2) is 11.5 Å². The van der Waals surface area contributed by atoms with Crippen LogP contribution in [0.5, 0.6) is 0 Å². The highest BCUT2D eigenvalue weighted by molar-refractivity contribution is 5.85. The van der Waals surface area contributed by atoms with E-state index in [1.807, 2.05) is 18.5 Å². The van der Waals surface area contributed by atoms with Gasteiger partial charge in [0.1, 0.15) is 0 Å². The Kier molecular flexibility index (Phi) is 2.71. The number of pyridine rings is 1. The van der Waals surface area contributed by atoms with Crippen molar-refractivity contribution in [3.8, 4) is 0 Å². The molecule has 1 aliphatic rings. The lowest BCUT2D eigenvalue weighted by atomic mass is 10.1. The second kappa shape index (κ2) is 3.58. The van der Waals surface area contributed by atoms with Gasteiger partial charge in [-0.3, -0.25) is 4.98 Å². The second-order valence-corrected chi connectivity index (χ2v) is 2.56. The first-order valence-electron chi connectivity index (χ1n) is 3.63. The van der Waals surface area contributed by atoms with Crippen LogP contribution in [0.1, 0.15) is 12.0 Å². The van der Waals surface area contributed by atoms with Crippen LogP contribution in [0.4, 0.5) is 5.69 Å². The fourth-order valence-corrected chi connectivity index (χ4v) is 1.30. The number of halogens is 1. The lowest BCUT2D eigenvalue weighted by molar-refractivity contribution is 0.824. The van der Waals surface area contributed by atoms with E-state index in [0.29, 0.717) is 0 Å². The van der Waals surface area contributed by atoms with Crippen molar-refractivity contribution in [3.05, 3.63) is 24.0 Å². The predicted octanol–water partition coefficient (Wildman–Crippen LogP) is 1.86. The number of fused-ring (bicyclic) bond motifs is 1. The fraction of sp³-hybridized carbons (Fsp3) is 0.375. The second-order valence-electron chi connectivity index (χ2n) is 2.56. The van der Waals surface area contributed by atoms with Gasteiger partial charge >= 0.3 is 0 Å². The van der Waals surface area contributed by atoms with Crippen LogP contribution in [0.3, 0.4) is 0 Å². The Balaban J connectivity index is 0.000000605. The van der Waals surface area contributed by atoms with Gasteiger partial charge < -0.3 is 5.32 Å². The van der Waals surface area contributed by atoms with E-state index in [4.69, 9.17) is 0 Å². The first kappa shape index (κ1) is 8.34. The zero-order valence-corrected chi connectivity index (χ0v) is 7.03. The average Bonchev–Trinajstić information content (AvgIpc) is 2.05. The number of hydrogen-bond acceptors (Lipinski definition) is 2. The Morgan fingerprint density at radius 3 is 3.18 bits per heavy atom. The van der Waals surface area contributed by atoms with Crippen LogP contribution in [0.15, 0.2) is 18.5 Å². The summed E-state index contributed by atoms with van der Waals surface area (Å²) in [6.07, 6.45) is 6.19. The van der Waals surface area contributed by atoms with E-state index in [1.54, 1.807) is 0 Å². The molecule has 0 fully saturated rings. The number of aryl methyl sites for hydroxylation is 1.